The summed E-state index contributed by atoms with van der Waals surface area (Å²) in [6.45, 7) is -1.83. The topological polar surface area (TPSA) is 67.9 Å². The summed E-state index contributed by atoms with van der Waals surface area (Å²) < 4.78 is 57.6. The van der Waals surface area contributed by atoms with E-state index in [1.165, 1.54) is 38.2 Å². The van der Waals surface area contributed by atoms with Gasteiger partial charge in [0.15, 0.2) is 11.5 Å². The smallest absolute Gasteiger partial charge is 0.387 e. The van der Waals surface area contributed by atoms with E-state index in [2.05, 4.69) is 9.73 Å². The zero-order valence-corrected chi connectivity index (χ0v) is 14.5. The number of nitrogens with two attached hydrogens (primary N) is 1. The van der Waals surface area contributed by atoms with Crippen molar-refractivity contribution in [3.8, 4) is 5.75 Å². The molecule has 0 fully saturated rings. The number of carbonyl (C=O) groups excluding carboxylic acids is 1. The fraction of sp³-hybridized carbons (Fsp3) is 0.333. The number of ether oxygens (including phenoxy) is 1. The maximum absolute atomic E-state index is 14.6. The second-order valence-electron chi connectivity index (χ2n) is 6.60. The molecule has 1 amide bonds. The van der Waals surface area contributed by atoms with E-state index < -0.39 is 29.6 Å². The van der Waals surface area contributed by atoms with Crippen molar-refractivity contribution in [2.45, 2.75) is 31.2 Å². The summed E-state index contributed by atoms with van der Waals surface area (Å²) in [5.74, 6) is -1.68. The molecule has 0 spiro atoms. The van der Waals surface area contributed by atoms with Crippen molar-refractivity contribution in [2.24, 2.45) is 10.7 Å². The number of aliphatic imine (C=N–C) groups is 1. The summed E-state index contributed by atoms with van der Waals surface area (Å²) in [5.41, 5.74) is 2.30. The number of allylic oxidation sites excluding steroid dienone is 3. The predicted molar refractivity (Wildman–Crippen MR) is 90.5 cm³/mol. The van der Waals surface area contributed by atoms with Gasteiger partial charge in [-0.05, 0) is 42.3 Å². The van der Waals surface area contributed by atoms with Crippen LogP contribution >= 0.6 is 0 Å². The highest BCUT2D eigenvalue weighted by Gasteiger charge is 2.52. The number of halogens is 4. The number of carbonyl (C=O) groups is 1. The minimum Gasteiger partial charge on any atom is -0.435 e. The van der Waals surface area contributed by atoms with Gasteiger partial charge in [-0.3, -0.25) is 9.69 Å². The van der Waals surface area contributed by atoms with Crippen LogP contribution in [0.3, 0.4) is 0 Å². The first-order chi connectivity index (χ1) is 12.5. The Labute approximate surface area is 152 Å². The first-order valence-corrected chi connectivity index (χ1v) is 8.02. The molecule has 0 saturated heterocycles. The Morgan fingerprint density at radius 2 is 1.93 bits per heavy atom. The number of rotatable bonds is 4. The second-order valence-corrected chi connectivity index (χ2v) is 6.60. The molecule has 2 aliphatic rings. The molecule has 0 bridgehead atoms. The molecule has 0 aromatic heterocycles. The van der Waals surface area contributed by atoms with E-state index in [0.29, 0.717) is 0 Å². The lowest BCUT2D eigenvalue weighted by molar-refractivity contribution is -0.129. The molecule has 0 saturated carbocycles. The number of benzene rings is 1. The predicted octanol–water partition coefficient (Wildman–Crippen LogP) is 3.18. The summed E-state index contributed by atoms with van der Waals surface area (Å²) in [6.07, 6.45) is 1.59. The van der Waals surface area contributed by atoms with Crippen molar-refractivity contribution in [3.05, 3.63) is 53.4 Å². The van der Waals surface area contributed by atoms with Crippen molar-refractivity contribution in [1.82, 2.24) is 4.90 Å². The molecule has 27 heavy (non-hydrogen) atoms. The summed E-state index contributed by atoms with van der Waals surface area (Å²) >= 11 is 0. The Bertz CT molecular complexity index is 862. The lowest BCUT2D eigenvalue weighted by atomic mass is 9.76. The molecular formula is C18H17F4N3O2. The first-order valence-electron chi connectivity index (χ1n) is 8.02. The summed E-state index contributed by atoms with van der Waals surface area (Å²) in [5, 5.41) is 0. The van der Waals surface area contributed by atoms with Gasteiger partial charge in [-0.15, -0.1) is 0 Å². The monoisotopic (exact) mass is 383 g/mol. The molecule has 0 radical (unpaired) electrons. The minimum absolute atomic E-state index is 0.0762. The van der Waals surface area contributed by atoms with Crippen LogP contribution in [0.4, 0.5) is 17.6 Å². The van der Waals surface area contributed by atoms with Crippen LogP contribution in [0.2, 0.25) is 0 Å². The Morgan fingerprint density at radius 3 is 2.41 bits per heavy atom. The van der Waals surface area contributed by atoms with E-state index in [0.717, 1.165) is 17.1 Å². The highest BCUT2D eigenvalue weighted by molar-refractivity contribution is 6.08. The van der Waals surface area contributed by atoms with Crippen molar-refractivity contribution in [2.75, 3.05) is 7.05 Å². The van der Waals surface area contributed by atoms with E-state index in [4.69, 9.17) is 5.73 Å². The zero-order valence-electron chi connectivity index (χ0n) is 14.5. The molecule has 144 valence electrons. The van der Waals surface area contributed by atoms with Gasteiger partial charge in [-0.1, -0.05) is 12.1 Å². The van der Waals surface area contributed by atoms with Gasteiger partial charge in [-0.2, -0.15) is 8.78 Å². The fourth-order valence-corrected chi connectivity index (χ4v) is 3.30. The van der Waals surface area contributed by atoms with Crippen molar-refractivity contribution < 1.29 is 27.1 Å². The van der Waals surface area contributed by atoms with E-state index in [9.17, 15) is 22.4 Å². The maximum Gasteiger partial charge on any atom is 0.387 e. The maximum atomic E-state index is 14.6. The third kappa shape index (κ3) is 3.29. The van der Waals surface area contributed by atoms with Crippen LogP contribution in [0, 0.1) is 0 Å². The van der Waals surface area contributed by atoms with Crippen LogP contribution in [0.1, 0.15) is 18.9 Å². The standard InChI is InChI=1S/C18H17F4N3O2/c1-17(22)8-11(7-12(19)9-17)18(14(26)25(2)16(23)24-18)10-3-5-13(6-4-10)27-15(20)21/h3-7,9,15H,8H2,1-2H3,(H2,23,24). The van der Waals surface area contributed by atoms with Crippen LogP contribution in [-0.2, 0) is 10.3 Å². The molecule has 3 rings (SSSR count). The Morgan fingerprint density at radius 1 is 1.30 bits per heavy atom. The van der Waals surface area contributed by atoms with Gasteiger partial charge >= 0.3 is 6.61 Å². The van der Waals surface area contributed by atoms with Crippen molar-refractivity contribution in [3.63, 3.8) is 0 Å². The number of hydrogen-bond donors (Lipinski definition) is 1. The van der Waals surface area contributed by atoms with Gasteiger partial charge in [0.2, 0.25) is 0 Å². The molecule has 2 N–H and O–H groups in total. The average Bonchev–Trinajstić information content (AvgIpc) is 2.78. The molecule has 2 atom stereocenters. The summed E-state index contributed by atoms with van der Waals surface area (Å²) in [7, 11) is 1.39. The molecule has 1 heterocycles. The largest absolute Gasteiger partial charge is 0.435 e. The van der Waals surface area contributed by atoms with Gasteiger partial charge in [0.1, 0.15) is 17.2 Å². The van der Waals surface area contributed by atoms with Crippen molar-refractivity contribution >= 4 is 11.9 Å². The normalized spacial score (nSPS) is 28.2. The van der Waals surface area contributed by atoms with Crippen LogP contribution in [0.5, 0.6) is 5.75 Å². The lowest BCUT2D eigenvalue weighted by Gasteiger charge is -2.33. The summed E-state index contributed by atoms with van der Waals surface area (Å²) in [6, 6.07) is 5.14. The Balaban J connectivity index is 2.14. The van der Waals surface area contributed by atoms with Crippen LogP contribution in [0.15, 0.2) is 52.8 Å². The Kier molecular flexibility index (Phi) is 4.49. The zero-order chi connectivity index (χ0) is 20.0. The fourth-order valence-electron chi connectivity index (χ4n) is 3.30. The number of alkyl halides is 3. The SMILES string of the molecule is CN1C(=O)C(C2=CC(F)=CC(C)(F)C2)(c2ccc(OC(F)F)cc2)N=C1N. The van der Waals surface area contributed by atoms with E-state index in [1.54, 1.807) is 0 Å². The number of guanidine groups is 1. The molecule has 2 unspecified atom stereocenters. The molecule has 9 heteroatoms. The number of nitrogens with zero attached hydrogens (tertiary/aromatic N) is 2. The van der Waals surface area contributed by atoms with E-state index in [1.807, 2.05) is 0 Å². The third-order valence-corrected chi connectivity index (χ3v) is 4.49. The molecule has 1 aromatic carbocycles. The minimum atomic E-state index is -3.01. The molecule has 1 aliphatic carbocycles. The van der Waals surface area contributed by atoms with Gasteiger partial charge in [0.25, 0.3) is 5.91 Å². The van der Waals surface area contributed by atoms with Gasteiger partial charge in [0.05, 0.1) is 0 Å². The highest BCUT2D eigenvalue weighted by Crippen LogP contribution is 2.46. The van der Waals surface area contributed by atoms with Crippen LogP contribution < -0.4 is 10.5 Å². The quantitative estimate of drug-likeness (QED) is 0.812. The molecule has 1 aliphatic heterocycles. The van der Waals surface area contributed by atoms with Gasteiger partial charge in [0, 0.05) is 13.5 Å². The Hall–Kier alpha value is -2.84. The van der Waals surface area contributed by atoms with E-state index >= 15 is 0 Å². The van der Waals surface area contributed by atoms with Crippen LogP contribution in [-0.4, -0.2) is 36.1 Å². The van der Waals surface area contributed by atoms with Gasteiger partial charge < -0.3 is 10.5 Å². The first kappa shape index (κ1) is 18.9. The summed E-state index contributed by atoms with van der Waals surface area (Å²) in [4.78, 5) is 18.3. The lowest BCUT2D eigenvalue weighted by Crippen LogP contribution is -2.43. The molecular weight excluding hydrogens is 366 g/mol. The van der Waals surface area contributed by atoms with Crippen molar-refractivity contribution in [1.29, 1.82) is 0 Å². The number of likely N-dealkylation sites (N-methyl/N-ethyl adjacent to an activating group) is 1. The third-order valence-electron chi connectivity index (χ3n) is 4.49. The van der Waals surface area contributed by atoms with Crippen LogP contribution in [0.25, 0.3) is 0 Å². The average molecular weight is 383 g/mol. The number of hydrogen-bond acceptors (Lipinski definition) is 4. The molecule has 1 aromatic rings. The second kappa shape index (κ2) is 6.40. The molecule has 5 nitrogen and oxygen atoms in total. The highest BCUT2D eigenvalue weighted by atomic mass is 19.3. The van der Waals surface area contributed by atoms with Gasteiger partial charge in [-0.25, -0.2) is 13.8 Å². The van der Waals surface area contributed by atoms with E-state index in [-0.39, 0.29) is 29.3 Å². The number of amides is 1.